The summed E-state index contributed by atoms with van der Waals surface area (Å²) in [4.78, 5) is 16.6. The summed E-state index contributed by atoms with van der Waals surface area (Å²) in [7, 11) is 2.04. The number of carbonyl (C=O) groups excluding carboxylic acids is 1. The normalized spacial score (nSPS) is 18.5. The van der Waals surface area contributed by atoms with Gasteiger partial charge in [-0.1, -0.05) is 18.2 Å². The third-order valence-corrected chi connectivity index (χ3v) is 4.07. The highest BCUT2D eigenvalue weighted by Crippen LogP contribution is 2.19. The van der Waals surface area contributed by atoms with Crippen LogP contribution < -0.4 is 10.2 Å². The Morgan fingerprint density at radius 3 is 2.75 bits per heavy atom. The Morgan fingerprint density at radius 2 is 2.15 bits per heavy atom. The van der Waals surface area contributed by atoms with E-state index in [1.165, 1.54) is 0 Å². The lowest BCUT2D eigenvalue weighted by molar-refractivity contribution is -0.119. The van der Waals surface area contributed by atoms with E-state index in [-0.39, 0.29) is 5.91 Å². The minimum atomic E-state index is 0.177. The molecule has 0 aromatic heterocycles. The summed E-state index contributed by atoms with van der Waals surface area (Å²) in [6.07, 6.45) is 1.13. The Bertz CT molecular complexity index is 455. The molecule has 1 saturated heterocycles. The van der Waals surface area contributed by atoms with E-state index in [1.807, 2.05) is 37.1 Å². The molecule has 1 unspecified atom stereocenters. The number of likely N-dealkylation sites (N-methyl/N-ethyl adjacent to an activating group) is 2. The minimum absolute atomic E-state index is 0.177. The number of benzene rings is 1. The molecular weight excluding hydrogens is 250 g/mol. The molecule has 0 bridgehead atoms. The van der Waals surface area contributed by atoms with Crippen molar-refractivity contribution >= 4 is 11.6 Å². The van der Waals surface area contributed by atoms with Gasteiger partial charge in [0.25, 0.3) is 0 Å². The molecule has 2 rings (SSSR count). The van der Waals surface area contributed by atoms with Crippen molar-refractivity contribution in [3.63, 3.8) is 0 Å². The topological polar surface area (TPSA) is 35.6 Å². The molecule has 1 N–H and O–H groups in total. The van der Waals surface area contributed by atoms with Gasteiger partial charge in [-0.2, -0.15) is 0 Å². The number of nitrogens with one attached hydrogen (secondary N) is 1. The maximum absolute atomic E-state index is 12.6. The second-order valence-electron chi connectivity index (χ2n) is 5.49. The van der Waals surface area contributed by atoms with Gasteiger partial charge in [-0.3, -0.25) is 9.69 Å². The highest BCUT2D eigenvalue weighted by Gasteiger charge is 2.23. The molecule has 0 radical (unpaired) electrons. The Hall–Kier alpha value is -1.39. The molecule has 0 saturated carbocycles. The fourth-order valence-corrected chi connectivity index (χ4v) is 2.79. The van der Waals surface area contributed by atoms with Crippen LogP contribution in [0.15, 0.2) is 24.3 Å². The number of carbonyl (C=O) groups is 1. The minimum Gasteiger partial charge on any atom is -0.315 e. The Labute approximate surface area is 121 Å². The molecule has 1 aliphatic rings. The lowest BCUT2D eigenvalue weighted by atomic mass is 10.1. The second kappa shape index (κ2) is 6.86. The molecule has 1 aliphatic heterocycles. The van der Waals surface area contributed by atoms with Gasteiger partial charge in [-0.05, 0) is 45.5 Å². The zero-order valence-electron chi connectivity index (χ0n) is 12.7. The van der Waals surface area contributed by atoms with Crippen molar-refractivity contribution in [2.24, 2.45) is 0 Å². The zero-order valence-corrected chi connectivity index (χ0v) is 12.7. The lowest BCUT2D eigenvalue weighted by Crippen LogP contribution is -2.43. The van der Waals surface area contributed by atoms with Crippen molar-refractivity contribution in [1.82, 2.24) is 10.2 Å². The average Bonchev–Trinajstić information content (AvgIpc) is 2.96. The van der Waals surface area contributed by atoms with Crippen molar-refractivity contribution in [1.29, 1.82) is 0 Å². The number of hydrogen-bond acceptors (Lipinski definition) is 3. The molecule has 0 spiro atoms. The first-order valence-electron chi connectivity index (χ1n) is 7.40. The molecule has 1 aromatic carbocycles. The first-order valence-corrected chi connectivity index (χ1v) is 7.40. The molecule has 1 fully saturated rings. The highest BCUT2D eigenvalue weighted by molar-refractivity contribution is 5.95. The monoisotopic (exact) mass is 275 g/mol. The quantitative estimate of drug-likeness (QED) is 0.887. The Morgan fingerprint density at radius 1 is 1.40 bits per heavy atom. The van der Waals surface area contributed by atoms with E-state index >= 15 is 0 Å². The van der Waals surface area contributed by atoms with Gasteiger partial charge in [0.2, 0.25) is 5.91 Å². The number of rotatable bonds is 5. The smallest absolute Gasteiger partial charge is 0.241 e. The summed E-state index contributed by atoms with van der Waals surface area (Å²) in [5, 5.41) is 3.34. The molecule has 1 aromatic rings. The Balaban J connectivity index is 2.04. The van der Waals surface area contributed by atoms with Crippen LogP contribution in [0.5, 0.6) is 0 Å². The first-order chi connectivity index (χ1) is 9.63. The zero-order chi connectivity index (χ0) is 14.5. The predicted molar refractivity (Wildman–Crippen MR) is 83.1 cm³/mol. The first kappa shape index (κ1) is 15.0. The molecular formula is C16H25N3O. The number of para-hydroxylation sites is 1. The molecule has 20 heavy (non-hydrogen) atoms. The van der Waals surface area contributed by atoms with Gasteiger partial charge in [0.1, 0.15) is 0 Å². The van der Waals surface area contributed by atoms with E-state index in [0.29, 0.717) is 19.1 Å². The maximum atomic E-state index is 12.6. The van der Waals surface area contributed by atoms with E-state index in [2.05, 4.69) is 23.2 Å². The van der Waals surface area contributed by atoms with Crippen LogP contribution in [0.1, 0.15) is 18.9 Å². The molecule has 1 amide bonds. The molecule has 110 valence electrons. The van der Waals surface area contributed by atoms with Crippen LogP contribution in [-0.4, -0.2) is 50.1 Å². The molecule has 0 aliphatic carbocycles. The SMILES string of the molecule is CCN(C(=O)CN(C)C1CCNC1)c1ccccc1C. The third kappa shape index (κ3) is 3.38. The van der Waals surface area contributed by atoms with E-state index < -0.39 is 0 Å². The number of aryl methyl sites for hydroxylation is 1. The van der Waals surface area contributed by atoms with Crippen molar-refractivity contribution in [2.75, 3.05) is 38.1 Å². The summed E-state index contributed by atoms with van der Waals surface area (Å²) >= 11 is 0. The van der Waals surface area contributed by atoms with Crippen LogP contribution in [0.4, 0.5) is 5.69 Å². The molecule has 4 heteroatoms. The fraction of sp³-hybridized carbons (Fsp3) is 0.562. The summed E-state index contributed by atoms with van der Waals surface area (Å²) in [6, 6.07) is 8.55. The Kier molecular flexibility index (Phi) is 5.15. The molecule has 4 nitrogen and oxygen atoms in total. The predicted octanol–water partition coefficient (Wildman–Crippen LogP) is 1.64. The second-order valence-corrected chi connectivity index (χ2v) is 5.49. The largest absolute Gasteiger partial charge is 0.315 e. The highest BCUT2D eigenvalue weighted by atomic mass is 16.2. The molecule has 1 atom stereocenters. The van der Waals surface area contributed by atoms with Gasteiger partial charge < -0.3 is 10.2 Å². The van der Waals surface area contributed by atoms with Gasteiger partial charge in [0.15, 0.2) is 0 Å². The van der Waals surface area contributed by atoms with Crippen molar-refractivity contribution < 1.29 is 4.79 Å². The standard InChI is InChI=1S/C16H25N3O/c1-4-19(15-8-6-5-7-13(15)2)16(20)12-18(3)14-9-10-17-11-14/h5-8,14,17H,4,9-12H2,1-3H3. The van der Waals surface area contributed by atoms with E-state index in [0.717, 1.165) is 30.8 Å². The van der Waals surface area contributed by atoms with Crippen LogP contribution in [0.2, 0.25) is 0 Å². The number of hydrogen-bond donors (Lipinski definition) is 1. The summed E-state index contributed by atoms with van der Waals surface area (Å²) < 4.78 is 0. The lowest BCUT2D eigenvalue weighted by Gasteiger charge is -2.28. The fourth-order valence-electron chi connectivity index (χ4n) is 2.79. The van der Waals surface area contributed by atoms with E-state index in [4.69, 9.17) is 0 Å². The van der Waals surface area contributed by atoms with Crippen molar-refractivity contribution in [3.8, 4) is 0 Å². The summed E-state index contributed by atoms with van der Waals surface area (Å²) in [5.41, 5.74) is 2.17. The summed E-state index contributed by atoms with van der Waals surface area (Å²) in [6.45, 7) is 7.31. The van der Waals surface area contributed by atoms with Crippen LogP contribution in [0, 0.1) is 6.92 Å². The van der Waals surface area contributed by atoms with E-state index in [1.54, 1.807) is 0 Å². The third-order valence-electron chi connectivity index (χ3n) is 4.07. The van der Waals surface area contributed by atoms with E-state index in [9.17, 15) is 4.79 Å². The van der Waals surface area contributed by atoms with Crippen molar-refractivity contribution in [2.45, 2.75) is 26.3 Å². The van der Waals surface area contributed by atoms with Crippen molar-refractivity contribution in [3.05, 3.63) is 29.8 Å². The van der Waals surface area contributed by atoms with Crippen LogP contribution in [0.3, 0.4) is 0 Å². The number of amides is 1. The maximum Gasteiger partial charge on any atom is 0.241 e. The van der Waals surface area contributed by atoms with Gasteiger partial charge >= 0.3 is 0 Å². The van der Waals surface area contributed by atoms with Crippen LogP contribution in [-0.2, 0) is 4.79 Å². The number of anilines is 1. The average molecular weight is 275 g/mol. The van der Waals surface area contributed by atoms with Crippen LogP contribution >= 0.6 is 0 Å². The van der Waals surface area contributed by atoms with Gasteiger partial charge in [0.05, 0.1) is 6.54 Å². The van der Waals surface area contributed by atoms with Gasteiger partial charge in [-0.25, -0.2) is 0 Å². The van der Waals surface area contributed by atoms with Gasteiger partial charge in [-0.15, -0.1) is 0 Å². The van der Waals surface area contributed by atoms with Crippen LogP contribution in [0.25, 0.3) is 0 Å². The number of nitrogens with zero attached hydrogens (tertiary/aromatic N) is 2. The summed E-state index contributed by atoms with van der Waals surface area (Å²) in [5.74, 6) is 0.177. The molecule has 1 heterocycles. The van der Waals surface area contributed by atoms with Gasteiger partial charge in [0, 0.05) is 24.8 Å².